The van der Waals surface area contributed by atoms with Crippen LogP contribution in [0, 0.1) is 13.8 Å². The Balaban J connectivity index is 1.77. The van der Waals surface area contributed by atoms with E-state index in [0.29, 0.717) is 27.4 Å². The van der Waals surface area contributed by atoms with Crippen molar-refractivity contribution in [1.82, 2.24) is 9.55 Å². The molecular formula is C21H18N2O3S. The van der Waals surface area contributed by atoms with Crippen molar-refractivity contribution >= 4 is 33.6 Å². The van der Waals surface area contributed by atoms with Crippen molar-refractivity contribution in [3.63, 3.8) is 0 Å². The van der Waals surface area contributed by atoms with Gasteiger partial charge in [0.2, 0.25) is 0 Å². The predicted octanol–water partition coefficient (Wildman–Crippen LogP) is 3.95. The maximum Gasteiger partial charge on any atom is 0.336 e. The highest BCUT2D eigenvalue weighted by molar-refractivity contribution is 7.98. The molecule has 0 saturated heterocycles. The van der Waals surface area contributed by atoms with Crippen molar-refractivity contribution in [2.24, 2.45) is 7.05 Å². The van der Waals surface area contributed by atoms with E-state index in [1.54, 1.807) is 17.7 Å². The zero-order valence-electron chi connectivity index (χ0n) is 15.3. The number of benzene rings is 2. The second-order valence-electron chi connectivity index (χ2n) is 6.59. The summed E-state index contributed by atoms with van der Waals surface area (Å²) in [5.41, 5.74) is 3.90. The van der Waals surface area contributed by atoms with Crippen molar-refractivity contribution in [2.75, 3.05) is 0 Å². The van der Waals surface area contributed by atoms with Gasteiger partial charge in [0.25, 0.3) is 5.56 Å². The Morgan fingerprint density at radius 1 is 1.04 bits per heavy atom. The van der Waals surface area contributed by atoms with Crippen LogP contribution in [0.1, 0.15) is 16.7 Å². The minimum atomic E-state index is -0.373. The Labute approximate surface area is 159 Å². The summed E-state index contributed by atoms with van der Waals surface area (Å²) >= 11 is 1.43. The fourth-order valence-electron chi connectivity index (χ4n) is 3.07. The highest BCUT2D eigenvalue weighted by Gasteiger charge is 2.12. The molecule has 0 spiro atoms. The summed E-state index contributed by atoms with van der Waals surface area (Å²) in [5, 5.41) is 2.13. The quantitative estimate of drug-likeness (QED) is 0.307. The molecule has 0 amide bonds. The topological polar surface area (TPSA) is 65.1 Å². The van der Waals surface area contributed by atoms with Crippen molar-refractivity contribution in [3.8, 4) is 0 Å². The third kappa shape index (κ3) is 3.17. The zero-order valence-corrected chi connectivity index (χ0v) is 16.1. The van der Waals surface area contributed by atoms with Gasteiger partial charge in [0.15, 0.2) is 5.16 Å². The first-order chi connectivity index (χ1) is 12.9. The molecule has 0 radical (unpaired) electrons. The van der Waals surface area contributed by atoms with Crippen LogP contribution in [0.4, 0.5) is 0 Å². The molecule has 0 aliphatic rings. The van der Waals surface area contributed by atoms with Crippen LogP contribution in [-0.4, -0.2) is 9.55 Å². The molecule has 5 nitrogen and oxygen atoms in total. The van der Waals surface area contributed by atoms with Gasteiger partial charge in [-0.05, 0) is 54.8 Å². The van der Waals surface area contributed by atoms with Crippen molar-refractivity contribution < 1.29 is 4.42 Å². The lowest BCUT2D eigenvalue weighted by Gasteiger charge is -2.10. The molecule has 0 N–H and O–H groups in total. The Morgan fingerprint density at radius 3 is 2.59 bits per heavy atom. The number of hydrogen-bond acceptors (Lipinski definition) is 5. The van der Waals surface area contributed by atoms with Crippen LogP contribution in [-0.2, 0) is 12.8 Å². The van der Waals surface area contributed by atoms with Crippen LogP contribution in [0.15, 0.2) is 61.6 Å². The van der Waals surface area contributed by atoms with Crippen molar-refractivity contribution in [2.45, 2.75) is 24.8 Å². The first kappa shape index (κ1) is 17.5. The fraction of sp³-hybridized carbons (Fsp3) is 0.190. The third-order valence-corrected chi connectivity index (χ3v) is 5.82. The van der Waals surface area contributed by atoms with Crippen molar-refractivity contribution in [3.05, 3.63) is 79.9 Å². The minimum Gasteiger partial charge on any atom is -0.423 e. The van der Waals surface area contributed by atoms with E-state index >= 15 is 0 Å². The molecule has 0 bridgehead atoms. The largest absolute Gasteiger partial charge is 0.423 e. The monoisotopic (exact) mass is 378 g/mol. The second-order valence-corrected chi connectivity index (χ2v) is 7.53. The number of hydrogen-bond donors (Lipinski definition) is 0. The molecule has 2 heterocycles. The van der Waals surface area contributed by atoms with E-state index in [-0.39, 0.29) is 11.2 Å². The molecule has 4 aromatic rings. The molecule has 0 fully saturated rings. The van der Waals surface area contributed by atoms with Crippen LogP contribution >= 0.6 is 11.8 Å². The lowest BCUT2D eigenvalue weighted by Crippen LogP contribution is -2.19. The summed E-state index contributed by atoms with van der Waals surface area (Å²) in [6, 6.07) is 12.8. The zero-order chi connectivity index (χ0) is 19.1. The highest BCUT2D eigenvalue weighted by Crippen LogP contribution is 2.27. The number of rotatable bonds is 3. The Kier molecular flexibility index (Phi) is 4.36. The Morgan fingerprint density at radius 2 is 1.78 bits per heavy atom. The van der Waals surface area contributed by atoms with Crippen LogP contribution in [0.3, 0.4) is 0 Å². The summed E-state index contributed by atoms with van der Waals surface area (Å²) < 4.78 is 6.91. The molecule has 2 aromatic carbocycles. The standard InChI is InChI=1S/C21H18N2O3S/c1-12-8-16-14(10-19(24)26-18(16)9-13(12)2)11-27-21-22-17-7-5-4-6-15(17)20(25)23(21)3/h4-10H,11H2,1-3H3. The van der Waals surface area contributed by atoms with E-state index in [4.69, 9.17) is 4.42 Å². The lowest BCUT2D eigenvalue weighted by molar-refractivity contribution is 0.559. The normalized spacial score (nSPS) is 11.4. The molecule has 0 aliphatic carbocycles. The lowest BCUT2D eigenvalue weighted by atomic mass is 10.0. The number of aromatic nitrogens is 2. The van der Waals surface area contributed by atoms with Gasteiger partial charge >= 0.3 is 5.63 Å². The number of aryl methyl sites for hydroxylation is 2. The Hall–Kier alpha value is -2.86. The predicted molar refractivity (Wildman–Crippen MR) is 109 cm³/mol. The fourth-order valence-corrected chi connectivity index (χ4v) is 4.03. The maximum absolute atomic E-state index is 12.6. The number of nitrogens with zero attached hydrogens (tertiary/aromatic N) is 2. The van der Waals surface area contributed by atoms with Gasteiger partial charge < -0.3 is 4.42 Å². The van der Waals surface area contributed by atoms with Gasteiger partial charge in [-0.25, -0.2) is 9.78 Å². The van der Waals surface area contributed by atoms with Crippen LogP contribution < -0.4 is 11.2 Å². The summed E-state index contributed by atoms with van der Waals surface area (Å²) in [7, 11) is 1.72. The first-order valence-corrected chi connectivity index (χ1v) is 9.55. The van der Waals surface area contributed by atoms with Crippen LogP contribution in [0.5, 0.6) is 0 Å². The summed E-state index contributed by atoms with van der Waals surface area (Å²) in [6.45, 7) is 4.02. The number of thioether (sulfide) groups is 1. The van der Waals surface area contributed by atoms with Gasteiger partial charge in [-0.2, -0.15) is 0 Å². The van der Waals surface area contributed by atoms with E-state index < -0.39 is 0 Å². The van der Waals surface area contributed by atoms with Gasteiger partial charge in [-0.3, -0.25) is 9.36 Å². The third-order valence-electron chi connectivity index (χ3n) is 4.74. The summed E-state index contributed by atoms with van der Waals surface area (Å²) in [5.74, 6) is 0.517. The van der Waals surface area contributed by atoms with E-state index in [2.05, 4.69) is 4.98 Å². The second kappa shape index (κ2) is 6.70. The summed E-state index contributed by atoms with van der Waals surface area (Å²) in [6.07, 6.45) is 0. The van der Waals surface area contributed by atoms with E-state index in [0.717, 1.165) is 22.1 Å². The number of para-hydroxylation sites is 1. The van der Waals surface area contributed by atoms with Crippen LogP contribution in [0.2, 0.25) is 0 Å². The molecule has 0 atom stereocenters. The van der Waals surface area contributed by atoms with Crippen molar-refractivity contribution in [1.29, 1.82) is 0 Å². The average molecular weight is 378 g/mol. The van der Waals surface area contributed by atoms with Gasteiger partial charge in [-0.15, -0.1) is 0 Å². The molecule has 0 saturated carbocycles. The molecule has 4 rings (SSSR count). The molecule has 136 valence electrons. The smallest absolute Gasteiger partial charge is 0.336 e. The van der Waals surface area contributed by atoms with Gasteiger partial charge in [0.05, 0.1) is 10.9 Å². The van der Waals surface area contributed by atoms with Gasteiger partial charge in [-0.1, -0.05) is 23.9 Å². The van der Waals surface area contributed by atoms with E-state index in [9.17, 15) is 9.59 Å². The minimum absolute atomic E-state index is 0.0768. The average Bonchev–Trinajstić information content (AvgIpc) is 2.65. The molecular weight excluding hydrogens is 360 g/mol. The molecule has 27 heavy (non-hydrogen) atoms. The van der Waals surface area contributed by atoms with Gasteiger partial charge in [0, 0.05) is 24.3 Å². The van der Waals surface area contributed by atoms with E-state index in [1.165, 1.54) is 17.8 Å². The SMILES string of the molecule is Cc1cc2oc(=O)cc(CSc3nc4ccccc4c(=O)n3C)c2cc1C. The Bertz CT molecular complexity index is 1300. The maximum atomic E-state index is 12.6. The molecule has 0 unspecified atom stereocenters. The van der Waals surface area contributed by atoms with Crippen LogP contribution in [0.25, 0.3) is 21.9 Å². The molecule has 2 aromatic heterocycles. The van der Waals surface area contributed by atoms with E-state index in [1.807, 2.05) is 44.2 Å². The molecule has 0 aliphatic heterocycles. The highest BCUT2D eigenvalue weighted by atomic mass is 32.2. The molecule has 6 heteroatoms. The summed E-state index contributed by atoms with van der Waals surface area (Å²) in [4.78, 5) is 29.1. The number of fused-ring (bicyclic) bond motifs is 2. The van der Waals surface area contributed by atoms with Gasteiger partial charge in [0.1, 0.15) is 5.58 Å². The first-order valence-electron chi connectivity index (χ1n) is 8.56.